The van der Waals surface area contributed by atoms with Crippen LogP contribution in [0.25, 0.3) is 26.9 Å². The number of hydrogen-bond acceptors (Lipinski definition) is 8. The van der Waals surface area contributed by atoms with Crippen molar-refractivity contribution in [1.29, 1.82) is 0 Å². The van der Waals surface area contributed by atoms with Gasteiger partial charge in [-0.25, -0.2) is 0 Å². The molecular weight excluding hydrogens is 444 g/mol. The number of furan rings is 1. The van der Waals surface area contributed by atoms with E-state index in [1.807, 2.05) is 26.0 Å². The van der Waals surface area contributed by atoms with Crippen molar-refractivity contribution in [3.63, 3.8) is 0 Å². The first-order valence-corrected chi connectivity index (χ1v) is 10.7. The second kappa shape index (κ2) is 7.95. The summed E-state index contributed by atoms with van der Waals surface area (Å²) in [7, 11) is 0. The molecule has 33 heavy (non-hydrogen) atoms. The Morgan fingerprint density at radius 2 is 1.94 bits per heavy atom. The molecule has 1 N–H and O–H groups in total. The molecule has 0 atom stereocenters. The molecule has 0 saturated carbocycles. The monoisotopic (exact) mass is 460 g/mol. The summed E-state index contributed by atoms with van der Waals surface area (Å²) in [4.78, 5) is 24.2. The summed E-state index contributed by atoms with van der Waals surface area (Å²) in [6.45, 7) is 3.72. The Kier molecular flexibility index (Phi) is 4.94. The number of nitrogens with zero attached hydrogens (tertiary/aromatic N) is 5. The number of aryl methyl sites for hydroxylation is 2. The molecule has 0 saturated heterocycles. The molecule has 0 radical (unpaired) electrons. The molecule has 0 aliphatic carbocycles. The second-order valence-electron chi connectivity index (χ2n) is 7.27. The second-order valence-corrected chi connectivity index (χ2v) is 8.23. The highest BCUT2D eigenvalue weighted by molar-refractivity contribution is 7.19. The van der Waals surface area contributed by atoms with Crippen LogP contribution in [0.5, 0.6) is 0 Å². The van der Waals surface area contributed by atoms with Crippen molar-refractivity contribution in [2.45, 2.75) is 13.8 Å². The molecule has 3 heterocycles. The first kappa shape index (κ1) is 20.5. The van der Waals surface area contributed by atoms with E-state index in [1.54, 1.807) is 34.8 Å². The van der Waals surface area contributed by atoms with Gasteiger partial charge in [0, 0.05) is 17.3 Å². The first-order valence-electron chi connectivity index (χ1n) is 9.85. The Bertz CT molecular complexity index is 1530. The number of carbonyl (C=O) groups is 1. The number of anilines is 1. The van der Waals surface area contributed by atoms with Crippen LogP contribution in [0.15, 0.2) is 59.0 Å². The number of fused-ring (bicyclic) bond motifs is 1. The van der Waals surface area contributed by atoms with E-state index in [0.29, 0.717) is 22.0 Å². The van der Waals surface area contributed by atoms with Crippen molar-refractivity contribution in [3.05, 3.63) is 81.9 Å². The zero-order chi connectivity index (χ0) is 23.1. The van der Waals surface area contributed by atoms with E-state index in [2.05, 4.69) is 20.6 Å². The smallest absolute Gasteiger partial charge is 0.291 e. The lowest BCUT2D eigenvalue weighted by Crippen LogP contribution is -2.11. The molecule has 3 aromatic heterocycles. The molecule has 0 bridgehead atoms. The van der Waals surface area contributed by atoms with E-state index in [-0.39, 0.29) is 17.2 Å². The Morgan fingerprint density at radius 3 is 2.70 bits per heavy atom. The Balaban J connectivity index is 1.37. The van der Waals surface area contributed by atoms with Gasteiger partial charge in [0.05, 0.1) is 10.5 Å². The van der Waals surface area contributed by atoms with Crippen LogP contribution in [-0.4, -0.2) is 30.6 Å². The van der Waals surface area contributed by atoms with Crippen LogP contribution in [0, 0.1) is 24.0 Å². The fraction of sp³-hybridized carbons (Fsp3) is 0.0909. The van der Waals surface area contributed by atoms with Crippen molar-refractivity contribution < 1.29 is 14.1 Å². The van der Waals surface area contributed by atoms with Crippen molar-refractivity contribution in [1.82, 2.24) is 19.8 Å². The number of para-hydroxylation sites is 1. The minimum atomic E-state index is -0.486. The van der Waals surface area contributed by atoms with Gasteiger partial charge in [-0.2, -0.15) is 9.61 Å². The maximum atomic E-state index is 12.7. The number of benzene rings is 2. The van der Waals surface area contributed by atoms with Gasteiger partial charge in [-0.15, -0.1) is 10.2 Å². The normalized spacial score (nSPS) is 11.1. The van der Waals surface area contributed by atoms with Crippen LogP contribution in [0.4, 0.5) is 11.4 Å². The highest BCUT2D eigenvalue weighted by atomic mass is 32.1. The van der Waals surface area contributed by atoms with Crippen molar-refractivity contribution in [2.75, 3.05) is 5.32 Å². The van der Waals surface area contributed by atoms with Crippen molar-refractivity contribution >= 4 is 33.6 Å². The predicted molar refractivity (Wildman–Crippen MR) is 122 cm³/mol. The fourth-order valence-corrected chi connectivity index (χ4v) is 4.28. The topological polar surface area (TPSA) is 128 Å². The van der Waals surface area contributed by atoms with Crippen LogP contribution >= 0.6 is 11.3 Å². The number of carbonyl (C=O) groups excluding carboxylic acids is 1. The summed E-state index contributed by atoms with van der Waals surface area (Å²) in [5.74, 6) is 0.561. The molecule has 11 heteroatoms. The molecule has 0 aliphatic rings. The van der Waals surface area contributed by atoms with Gasteiger partial charge >= 0.3 is 0 Å². The van der Waals surface area contributed by atoms with Crippen LogP contribution in [0.3, 0.4) is 0 Å². The minimum Gasteiger partial charge on any atom is -0.451 e. The highest BCUT2D eigenvalue weighted by Gasteiger charge is 2.20. The average molecular weight is 460 g/mol. The SMILES string of the molecule is Cc1cc(-c2nn3c(C)nnc3s2)ccc1NC(=O)c1ccc(-c2ccccc2[N+](=O)[O-])o1. The standard InChI is InChI=1S/C22H16N6O4S/c1-12-11-14(21-26-27-13(2)24-25-22(27)33-21)7-8-16(12)23-20(29)19-10-9-18(32-19)15-5-3-4-6-17(15)28(30)31/h3-11H,1-2H3,(H,23,29). The van der Waals surface area contributed by atoms with Gasteiger partial charge in [-0.05, 0) is 55.8 Å². The van der Waals surface area contributed by atoms with E-state index in [4.69, 9.17) is 4.42 Å². The summed E-state index contributed by atoms with van der Waals surface area (Å²) < 4.78 is 7.31. The molecule has 0 spiro atoms. The molecule has 1 amide bonds. The summed E-state index contributed by atoms with van der Waals surface area (Å²) in [5, 5.41) is 27.5. The number of nitro benzene ring substituents is 1. The van der Waals surface area contributed by atoms with Gasteiger partial charge in [0.2, 0.25) is 4.96 Å². The zero-order valence-corrected chi connectivity index (χ0v) is 18.3. The van der Waals surface area contributed by atoms with Gasteiger partial charge in [0.1, 0.15) is 10.8 Å². The summed E-state index contributed by atoms with van der Waals surface area (Å²) in [5.41, 5.74) is 2.57. The summed E-state index contributed by atoms with van der Waals surface area (Å²) >= 11 is 1.43. The highest BCUT2D eigenvalue weighted by Crippen LogP contribution is 2.32. The summed E-state index contributed by atoms with van der Waals surface area (Å²) in [6.07, 6.45) is 0. The predicted octanol–water partition coefficient (Wildman–Crippen LogP) is 4.89. The third kappa shape index (κ3) is 3.74. The molecule has 5 aromatic rings. The maximum Gasteiger partial charge on any atom is 0.291 e. The quantitative estimate of drug-likeness (QED) is 0.292. The molecule has 164 valence electrons. The van der Waals surface area contributed by atoms with Crippen LogP contribution in [0.1, 0.15) is 21.9 Å². The minimum absolute atomic E-state index is 0.0516. The first-order chi connectivity index (χ1) is 15.9. The number of nitro groups is 1. The lowest BCUT2D eigenvalue weighted by Gasteiger charge is -2.08. The number of nitrogens with one attached hydrogen (secondary N) is 1. The van der Waals surface area contributed by atoms with E-state index in [1.165, 1.54) is 23.5 Å². The average Bonchev–Trinajstić information content (AvgIpc) is 3.53. The Labute approximate surface area is 190 Å². The summed E-state index contributed by atoms with van der Waals surface area (Å²) in [6, 6.07) is 14.8. The largest absolute Gasteiger partial charge is 0.451 e. The van der Waals surface area contributed by atoms with E-state index < -0.39 is 10.8 Å². The Morgan fingerprint density at radius 1 is 1.12 bits per heavy atom. The molecular formula is C22H16N6O4S. The Hall–Kier alpha value is -4.38. The zero-order valence-electron chi connectivity index (χ0n) is 17.5. The number of rotatable bonds is 5. The molecule has 0 unspecified atom stereocenters. The molecule has 5 rings (SSSR count). The van der Waals surface area contributed by atoms with E-state index in [9.17, 15) is 14.9 Å². The van der Waals surface area contributed by atoms with Crippen LogP contribution in [-0.2, 0) is 0 Å². The number of hydrogen-bond donors (Lipinski definition) is 1. The third-order valence-electron chi connectivity index (χ3n) is 5.06. The van der Waals surface area contributed by atoms with Gasteiger partial charge in [-0.1, -0.05) is 23.5 Å². The number of aromatic nitrogens is 4. The maximum absolute atomic E-state index is 12.7. The van der Waals surface area contributed by atoms with Gasteiger partial charge in [-0.3, -0.25) is 14.9 Å². The third-order valence-corrected chi connectivity index (χ3v) is 6.01. The van der Waals surface area contributed by atoms with E-state index in [0.717, 1.165) is 16.1 Å². The van der Waals surface area contributed by atoms with Gasteiger partial charge in [0.25, 0.3) is 11.6 Å². The fourth-order valence-electron chi connectivity index (χ4n) is 3.40. The van der Waals surface area contributed by atoms with Gasteiger partial charge < -0.3 is 9.73 Å². The lowest BCUT2D eigenvalue weighted by molar-refractivity contribution is -0.384. The van der Waals surface area contributed by atoms with Crippen molar-refractivity contribution in [2.24, 2.45) is 0 Å². The molecule has 2 aromatic carbocycles. The van der Waals surface area contributed by atoms with Gasteiger partial charge in [0.15, 0.2) is 11.6 Å². The molecule has 10 nitrogen and oxygen atoms in total. The molecule has 0 aliphatic heterocycles. The van der Waals surface area contributed by atoms with Crippen LogP contribution in [0.2, 0.25) is 0 Å². The molecule has 0 fully saturated rings. The lowest BCUT2D eigenvalue weighted by atomic mass is 10.1. The van der Waals surface area contributed by atoms with Crippen LogP contribution < -0.4 is 5.32 Å². The van der Waals surface area contributed by atoms with E-state index >= 15 is 0 Å². The number of amides is 1. The van der Waals surface area contributed by atoms with Crippen molar-refractivity contribution in [3.8, 4) is 21.9 Å².